The minimum Gasteiger partial charge on any atom is -0.369 e. The normalized spacial score (nSPS) is 18.9. The zero-order valence-corrected chi connectivity index (χ0v) is 17.8. The molecule has 164 valence electrons. The largest absolute Gasteiger partial charge is 0.369 e. The van der Waals surface area contributed by atoms with Gasteiger partial charge < -0.3 is 16.0 Å². The van der Waals surface area contributed by atoms with Crippen LogP contribution in [0.25, 0.3) is 0 Å². The summed E-state index contributed by atoms with van der Waals surface area (Å²) in [6, 6.07) is 14.3. The van der Waals surface area contributed by atoms with Crippen LogP contribution in [0, 0.1) is 11.7 Å². The van der Waals surface area contributed by atoms with Gasteiger partial charge in [0.25, 0.3) is 0 Å². The molecule has 1 saturated heterocycles. The molecule has 1 heterocycles. The van der Waals surface area contributed by atoms with Gasteiger partial charge in [-0.25, -0.2) is 4.39 Å². The summed E-state index contributed by atoms with van der Waals surface area (Å²) in [6.07, 6.45) is 5.19. The van der Waals surface area contributed by atoms with Crippen LogP contribution in [-0.2, 0) is 21.4 Å². The molecule has 2 aromatic rings. The van der Waals surface area contributed by atoms with Crippen molar-refractivity contribution in [2.75, 3.05) is 25.0 Å². The van der Waals surface area contributed by atoms with E-state index in [-0.39, 0.29) is 23.5 Å². The van der Waals surface area contributed by atoms with E-state index in [4.69, 9.17) is 5.73 Å². The average Bonchev–Trinajstić information content (AvgIpc) is 2.74. The van der Waals surface area contributed by atoms with Crippen molar-refractivity contribution in [2.24, 2.45) is 11.7 Å². The lowest BCUT2D eigenvalue weighted by atomic mass is 9.64. The zero-order chi connectivity index (χ0) is 21.8. The van der Waals surface area contributed by atoms with Crippen molar-refractivity contribution in [1.82, 2.24) is 4.90 Å². The second-order valence-corrected chi connectivity index (χ2v) is 8.86. The van der Waals surface area contributed by atoms with E-state index in [0.717, 1.165) is 69.4 Å². The van der Waals surface area contributed by atoms with Gasteiger partial charge in [0.05, 0.1) is 5.41 Å². The monoisotopic (exact) mass is 423 g/mol. The van der Waals surface area contributed by atoms with E-state index in [0.29, 0.717) is 0 Å². The van der Waals surface area contributed by atoms with Gasteiger partial charge >= 0.3 is 0 Å². The van der Waals surface area contributed by atoms with Crippen LogP contribution in [0.15, 0.2) is 48.5 Å². The lowest BCUT2D eigenvalue weighted by Gasteiger charge is -2.40. The van der Waals surface area contributed by atoms with Gasteiger partial charge in [-0.3, -0.25) is 9.59 Å². The van der Waals surface area contributed by atoms with E-state index in [1.165, 1.54) is 17.7 Å². The van der Waals surface area contributed by atoms with E-state index < -0.39 is 5.41 Å². The van der Waals surface area contributed by atoms with Gasteiger partial charge in [-0.05, 0) is 80.6 Å². The Hall–Kier alpha value is -2.73. The number of hydrogen-bond donors (Lipinski definition) is 2. The van der Waals surface area contributed by atoms with Crippen LogP contribution >= 0.6 is 0 Å². The number of nitrogens with zero attached hydrogens (tertiary/aromatic N) is 1. The molecule has 0 unspecified atom stereocenters. The van der Waals surface area contributed by atoms with Crippen molar-refractivity contribution >= 4 is 17.5 Å². The number of rotatable bonds is 7. The average molecular weight is 424 g/mol. The molecule has 5 nitrogen and oxygen atoms in total. The van der Waals surface area contributed by atoms with Crippen LogP contribution in [0.4, 0.5) is 10.1 Å². The van der Waals surface area contributed by atoms with Gasteiger partial charge in [0.2, 0.25) is 11.8 Å². The van der Waals surface area contributed by atoms with Gasteiger partial charge in [-0.2, -0.15) is 0 Å². The highest BCUT2D eigenvalue weighted by Gasteiger charge is 2.45. The summed E-state index contributed by atoms with van der Waals surface area (Å²) >= 11 is 0. The Morgan fingerprint density at radius 2 is 1.68 bits per heavy atom. The summed E-state index contributed by atoms with van der Waals surface area (Å²) in [6.45, 7) is 2.77. The SMILES string of the molecule is NC(=O)C1CCN(CCc2ccc(NC(=O)C3(c4ccc(F)cc4)CCC3)cc2)CC1. The maximum absolute atomic E-state index is 13.3. The van der Waals surface area contributed by atoms with Crippen molar-refractivity contribution in [1.29, 1.82) is 0 Å². The van der Waals surface area contributed by atoms with E-state index in [9.17, 15) is 14.0 Å². The first-order valence-electron chi connectivity index (χ1n) is 11.1. The predicted octanol–water partition coefficient (Wildman–Crippen LogP) is 3.63. The minimum atomic E-state index is -0.552. The molecular weight excluding hydrogens is 393 g/mol. The lowest BCUT2D eigenvalue weighted by molar-refractivity contribution is -0.124. The third kappa shape index (κ3) is 4.79. The minimum absolute atomic E-state index is 0.0181. The fourth-order valence-corrected chi connectivity index (χ4v) is 4.68. The van der Waals surface area contributed by atoms with Crippen LogP contribution in [-0.4, -0.2) is 36.3 Å². The number of amides is 2. The molecule has 1 saturated carbocycles. The van der Waals surface area contributed by atoms with Crippen molar-refractivity contribution in [3.8, 4) is 0 Å². The van der Waals surface area contributed by atoms with Crippen LogP contribution in [0.5, 0.6) is 0 Å². The molecule has 31 heavy (non-hydrogen) atoms. The summed E-state index contributed by atoms with van der Waals surface area (Å²) in [7, 11) is 0. The topological polar surface area (TPSA) is 75.4 Å². The number of nitrogens with one attached hydrogen (secondary N) is 1. The molecule has 2 fully saturated rings. The molecule has 0 bridgehead atoms. The molecule has 2 aliphatic rings. The number of likely N-dealkylation sites (tertiary alicyclic amines) is 1. The standard InChI is InChI=1S/C25H30FN3O2/c26-21-6-4-20(5-7-21)25(13-1-14-25)24(31)28-22-8-2-18(3-9-22)10-15-29-16-11-19(12-17-29)23(27)30/h2-9,19H,1,10-17H2,(H2,27,30)(H,28,31). The number of piperidine rings is 1. The van der Waals surface area contributed by atoms with Gasteiger partial charge in [0.15, 0.2) is 0 Å². The molecule has 0 spiro atoms. The van der Waals surface area contributed by atoms with Crippen molar-refractivity contribution in [3.63, 3.8) is 0 Å². The van der Waals surface area contributed by atoms with E-state index >= 15 is 0 Å². The van der Waals surface area contributed by atoms with E-state index in [2.05, 4.69) is 22.3 Å². The number of halogens is 1. The molecule has 6 heteroatoms. The van der Waals surface area contributed by atoms with Crippen molar-refractivity contribution in [3.05, 3.63) is 65.5 Å². The highest BCUT2D eigenvalue weighted by atomic mass is 19.1. The maximum atomic E-state index is 13.3. The number of benzene rings is 2. The maximum Gasteiger partial charge on any atom is 0.235 e. The Labute approximate surface area is 182 Å². The van der Waals surface area contributed by atoms with Crippen LogP contribution in [0.1, 0.15) is 43.2 Å². The number of carbonyl (C=O) groups excluding carboxylic acids is 2. The molecule has 2 aromatic carbocycles. The van der Waals surface area contributed by atoms with Crippen LogP contribution < -0.4 is 11.1 Å². The number of nitrogens with two attached hydrogens (primary N) is 1. The molecular formula is C25H30FN3O2. The zero-order valence-electron chi connectivity index (χ0n) is 17.8. The Morgan fingerprint density at radius 1 is 1.03 bits per heavy atom. The summed E-state index contributed by atoms with van der Waals surface area (Å²) in [5, 5.41) is 3.06. The number of anilines is 1. The smallest absolute Gasteiger partial charge is 0.235 e. The van der Waals surface area contributed by atoms with Crippen molar-refractivity contribution < 1.29 is 14.0 Å². The van der Waals surface area contributed by atoms with Crippen LogP contribution in [0.3, 0.4) is 0 Å². The highest BCUT2D eigenvalue weighted by Crippen LogP contribution is 2.44. The molecule has 1 aliphatic heterocycles. The summed E-state index contributed by atoms with van der Waals surface area (Å²) in [4.78, 5) is 26.7. The third-order valence-electron chi connectivity index (χ3n) is 6.96. The number of carbonyl (C=O) groups is 2. The second-order valence-electron chi connectivity index (χ2n) is 8.86. The molecule has 2 amide bonds. The van der Waals surface area contributed by atoms with Gasteiger partial charge in [-0.15, -0.1) is 0 Å². The first-order chi connectivity index (χ1) is 15.0. The highest BCUT2D eigenvalue weighted by molar-refractivity contribution is 5.99. The second kappa shape index (κ2) is 9.18. The Kier molecular flexibility index (Phi) is 6.37. The molecule has 4 rings (SSSR count). The first kappa shape index (κ1) is 21.5. The fourth-order valence-electron chi connectivity index (χ4n) is 4.68. The fraction of sp³-hybridized carbons (Fsp3) is 0.440. The number of primary amides is 1. The Morgan fingerprint density at radius 3 is 2.23 bits per heavy atom. The summed E-state index contributed by atoms with van der Waals surface area (Å²) in [5.41, 5.74) is 7.73. The molecule has 0 aromatic heterocycles. The number of hydrogen-bond acceptors (Lipinski definition) is 3. The van der Waals surface area contributed by atoms with E-state index in [1.54, 1.807) is 12.1 Å². The molecule has 3 N–H and O–H groups in total. The van der Waals surface area contributed by atoms with Crippen LogP contribution in [0.2, 0.25) is 0 Å². The van der Waals surface area contributed by atoms with Gasteiger partial charge in [0.1, 0.15) is 5.82 Å². The first-order valence-corrected chi connectivity index (χ1v) is 11.1. The summed E-state index contributed by atoms with van der Waals surface area (Å²) < 4.78 is 13.3. The third-order valence-corrected chi connectivity index (χ3v) is 6.96. The quantitative estimate of drug-likeness (QED) is 0.714. The molecule has 0 atom stereocenters. The lowest BCUT2D eigenvalue weighted by Crippen LogP contribution is -2.46. The van der Waals surface area contributed by atoms with E-state index in [1.807, 2.05) is 12.1 Å². The molecule has 1 aliphatic carbocycles. The summed E-state index contributed by atoms with van der Waals surface area (Å²) in [5.74, 6) is -0.463. The van der Waals surface area contributed by atoms with Gasteiger partial charge in [0, 0.05) is 18.2 Å². The Bertz CT molecular complexity index is 915. The predicted molar refractivity (Wildman–Crippen MR) is 119 cm³/mol. The Balaban J connectivity index is 1.31. The molecule has 0 radical (unpaired) electrons. The van der Waals surface area contributed by atoms with Gasteiger partial charge in [-0.1, -0.05) is 30.7 Å². The van der Waals surface area contributed by atoms with Crippen molar-refractivity contribution in [2.45, 2.75) is 43.9 Å².